The van der Waals surface area contributed by atoms with Crippen LogP contribution in [-0.4, -0.2) is 45.5 Å². The third kappa shape index (κ3) is 5.45. The van der Waals surface area contributed by atoms with Gasteiger partial charge in [0.2, 0.25) is 0 Å². The lowest BCUT2D eigenvalue weighted by Gasteiger charge is -2.24. The Bertz CT molecular complexity index is 357. The number of rotatable bonds is 10. The molecule has 20 heavy (non-hydrogen) atoms. The van der Waals surface area contributed by atoms with Crippen LogP contribution < -0.4 is 10.6 Å². The van der Waals surface area contributed by atoms with Crippen molar-refractivity contribution in [2.75, 3.05) is 45.4 Å². The van der Waals surface area contributed by atoms with E-state index in [0.717, 1.165) is 43.9 Å². The average Bonchev–Trinajstić information content (AvgIpc) is 2.50. The third-order valence-electron chi connectivity index (χ3n) is 3.30. The van der Waals surface area contributed by atoms with Gasteiger partial charge in [0, 0.05) is 40.0 Å². The number of nitrogens with zero attached hydrogens (tertiary/aromatic N) is 2. The number of anilines is 1. The topological polar surface area (TPSA) is 60.6 Å². The molecule has 0 saturated carbocycles. The van der Waals surface area contributed by atoms with E-state index in [-0.39, 0.29) is 6.04 Å². The Morgan fingerprint density at radius 1 is 1.20 bits per heavy atom. The standard InChI is InChI=1S/C15H27N3O2/c1-4-14(16)15-7-6-13(12-17-15)18(9-11-20-3)8-5-10-19-2/h6-7,12,14H,4-5,8-11,16H2,1-3H3/t14-/m0/s1. The number of methoxy groups -OCH3 is 2. The van der Waals surface area contributed by atoms with Crippen molar-refractivity contribution in [2.45, 2.75) is 25.8 Å². The van der Waals surface area contributed by atoms with Gasteiger partial charge in [-0.05, 0) is 25.0 Å². The first-order chi connectivity index (χ1) is 9.72. The normalized spacial score (nSPS) is 12.4. The predicted molar refractivity (Wildman–Crippen MR) is 82.0 cm³/mol. The van der Waals surface area contributed by atoms with Gasteiger partial charge in [-0.2, -0.15) is 0 Å². The van der Waals surface area contributed by atoms with Crippen molar-refractivity contribution in [3.8, 4) is 0 Å². The van der Waals surface area contributed by atoms with E-state index in [1.54, 1.807) is 14.2 Å². The van der Waals surface area contributed by atoms with Gasteiger partial charge in [-0.25, -0.2) is 0 Å². The van der Waals surface area contributed by atoms with E-state index in [2.05, 4.69) is 22.9 Å². The van der Waals surface area contributed by atoms with Gasteiger partial charge in [-0.1, -0.05) is 6.92 Å². The third-order valence-corrected chi connectivity index (χ3v) is 3.30. The maximum absolute atomic E-state index is 5.99. The Labute approximate surface area is 122 Å². The second kappa shape index (κ2) is 9.69. The summed E-state index contributed by atoms with van der Waals surface area (Å²) in [6.07, 6.45) is 3.78. The van der Waals surface area contributed by atoms with Gasteiger partial charge < -0.3 is 20.1 Å². The van der Waals surface area contributed by atoms with Gasteiger partial charge in [0.15, 0.2) is 0 Å². The molecule has 0 unspecified atom stereocenters. The zero-order chi connectivity index (χ0) is 14.8. The highest BCUT2D eigenvalue weighted by Crippen LogP contribution is 2.17. The first-order valence-corrected chi connectivity index (χ1v) is 7.17. The summed E-state index contributed by atoms with van der Waals surface area (Å²) < 4.78 is 10.3. The van der Waals surface area contributed by atoms with Gasteiger partial charge in [0.05, 0.1) is 24.2 Å². The molecule has 2 N–H and O–H groups in total. The number of hydrogen-bond acceptors (Lipinski definition) is 5. The minimum Gasteiger partial charge on any atom is -0.385 e. The molecule has 0 fully saturated rings. The monoisotopic (exact) mass is 281 g/mol. The van der Waals surface area contributed by atoms with Crippen molar-refractivity contribution in [3.05, 3.63) is 24.0 Å². The van der Waals surface area contributed by atoms with Gasteiger partial charge >= 0.3 is 0 Å². The summed E-state index contributed by atoms with van der Waals surface area (Å²) in [5.41, 5.74) is 8.03. The van der Waals surface area contributed by atoms with Gasteiger partial charge in [0.1, 0.15) is 0 Å². The Hall–Kier alpha value is -1.17. The molecular formula is C15H27N3O2. The lowest BCUT2D eigenvalue weighted by molar-refractivity contribution is 0.191. The second-order valence-electron chi connectivity index (χ2n) is 4.78. The zero-order valence-electron chi connectivity index (χ0n) is 12.8. The van der Waals surface area contributed by atoms with E-state index in [1.807, 2.05) is 12.3 Å². The molecule has 1 aromatic rings. The first kappa shape index (κ1) is 16.9. The molecule has 0 aliphatic heterocycles. The summed E-state index contributed by atoms with van der Waals surface area (Å²) >= 11 is 0. The molecule has 0 radical (unpaired) electrons. The van der Waals surface area contributed by atoms with Crippen molar-refractivity contribution in [1.82, 2.24) is 4.98 Å². The Balaban J connectivity index is 2.68. The van der Waals surface area contributed by atoms with E-state index in [4.69, 9.17) is 15.2 Å². The number of ether oxygens (including phenoxy) is 2. The number of aromatic nitrogens is 1. The van der Waals surface area contributed by atoms with Crippen LogP contribution in [0, 0.1) is 0 Å². The average molecular weight is 281 g/mol. The van der Waals surface area contributed by atoms with Gasteiger partial charge in [-0.15, -0.1) is 0 Å². The van der Waals surface area contributed by atoms with E-state index in [1.165, 1.54) is 0 Å². The van der Waals surface area contributed by atoms with Crippen LogP contribution >= 0.6 is 0 Å². The molecule has 0 spiro atoms. The van der Waals surface area contributed by atoms with Crippen molar-refractivity contribution in [2.24, 2.45) is 5.73 Å². The molecular weight excluding hydrogens is 254 g/mol. The minimum absolute atomic E-state index is 0.0185. The van der Waals surface area contributed by atoms with Gasteiger partial charge in [-0.3, -0.25) is 4.98 Å². The molecule has 1 rings (SSSR count). The summed E-state index contributed by atoms with van der Waals surface area (Å²) in [6, 6.07) is 4.12. The molecule has 0 amide bonds. The maximum atomic E-state index is 5.99. The Morgan fingerprint density at radius 2 is 1.95 bits per heavy atom. The molecule has 1 atom stereocenters. The fraction of sp³-hybridized carbons (Fsp3) is 0.667. The van der Waals surface area contributed by atoms with Crippen LogP contribution in [0.2, 0.25) is 0 Å². The highest BCUT2D eigenvalue weighted by Gasteiger charge is 2.09. The van der Waals surface area contributed by atoms with Crippen LogP contribution in [0.25, 0.3) is 0 Å². The fourth-order valence-corrected chi connectivity index (χ4v) is 1.98. The zero-order valence-corrected chi connectivity index (χ0v) is 12.8. The second-order valence-corrected chi connectivity index (χ2v) is 4.78. The van der Waals surface area contributed by atoms with Gasteiger partial charge in [0.25, 0.3) is 0 Å². The summed E-state index contributed by atoms with van der Waals surface area (Å²) in [6.45, 7) is 5.30. The summed E-state index contributed by atoms with van der Waals surface area (Å²) in [5, 5.41) is 0. The number of hydrogen-bond donors (Lipinski definition) is 1. The Morgan fingerprint density at radius 3 is 2.50 bits per heavy atom. The largest absolute Gasteiger partial charge is 0.385 e. The molecule has 5 nitrogen and oxygen atoms in total. The van der Waals surface area contributed by atoms with Crippen molar-refractivity contribution in [1.29, 1.82) is 0 Å². The van der Waals surface area contributed by atoms with Crippen molar-refractivity contribution >= 4 is 5.69 Å². The molecule has 0 aliphatic rings. The Kier molecular flexibility index (Phi) is 8.18. The van der Waals surface area contributed by atoms with Crippen molar-refractivity contribution in [3.63, 3.8) is 0 Å². The number of pyridine rings is 1. The molecule has 5 heteroatoms. The molecule has 114 valence electrons. The summed E-state index contributed by atoms with van der Waals surface area (Å²) in [7, 11) is 3.44. The SMILES string of the molecule is CC[C@H](N)c1ccc(N(CCCOC)CCOC)cn1. The van der Waals surface area contributed by atoms with Crippen molar-refractivity contribution < 1.29 is 9.47 Å². The van der Waals surface area contributed by atoms with E-state index in [0.29, 0.717) is 6.61 Å². The van der Waals surface area contributed by atoms with Crippen LogP contribution in [0.5, 0.6) is 0 Å². The molecule has 0 bridgehead atoms. The highest BCUT2D eigenvalue weighted by atomic mass is 16.5. The quantitative estimate of drug-likeness (QED) is 0.665. The van der Waals surface area contributed by atoms with E-state index in [9.17, 15) is 0 Å². The molecule has 0 aliphatic carbocycles. The lowest BCUT2D eigenvalue weighted by Crippen LogP contribution is -2.29. The summed E-state index contributed by atoms with van der Waals surface area (Å²) in [4.78, 5) is 6.73. The van der Waals surface area contributed by atoms with E-state index >= 15 is 0 Å². The minimum atomic E-state index is 0.0185. The highest BCUT2D eigenvalue weighted by molar-refractivity contribution is 5.44. The van der Waals surface area contributed by atoms with Crippen LogP contribution in [0.1, 0.15) is 31.5 Å². The van der Waals surface area contributed by atoms with Crippen LogP contribution in [-0.2, 0) is 9.47 Å². The molecule has 1 heterocycles. The smallest absolute Gasteiger partial charge is 0.0637 e. The van der Waals surface area contributed by atoms with E-state index < -0.39 is 0 Å². The summed E-state index contributed by atoms with van der Waals surface area (Å²) in [5.74, 6) is 0. The maximum Gasteiger partial charge on any atom is 0.0637 e. The van der Waals surface area contributed by atoms with Crippen LogP contribution in [0.4, 0.5) is 5.69 Å². The first-order valence-electron chi connectivity index (χ1n) is 7.17. The fourth-order valence-electron chi connectivity index (χ4n) is 1.98. The lowest BCUT2D eigenvalue weighted by atomic mass is 10.1. The predicted octanol–water partition coefficient (Wildman–Crippen LogP) is 1.98. The molecule has 0 saturated heterocycles. The number of nitrogens with two attached hydrogens (primary N) is 1. The van der Waals surface area contributed by atoms with Crippen LogP contribution in [0.3, 0.4) is 0 Å². The molecule has 0 aromatic carbocycles. The molecule has 1 aromatic heterocycles. The van der Waals surface area contributed by atoms with Crippen LogP contribution in [0.15, 0.2) is 18.3 Å².